The van der Waals surface area contributed by atoms with Gasteiger partial charge in [0.2, 0.25) is 0 Å². The molecule has 2 aromatic heterocycles. The highest BCUT2D eigenvalue weighted by Crippen LogP contribution is 2.41. The van der Waals surface area contributed by atoms with E-state index in [1.54, 1.807) is 15.8 Å². The Morgan fingerprint density at radius 2 is 1.81 bits per heavy atom. The van der Waals surface area contributed by atoms with Gasteiger partial charge in [0.15, 0.2) is 5.82 Å². The van der Waals surface area contributed by atoms with Crippen molar-refractivity contribution in [3.63, 3.8) is 0 Å². The molecule has 0 bridgehead atoms. The molecule has 1 saturated carbocycles. The van der Waals surface area contributed by atoms with Gasteiger partial charge in [0.1, 0.15) is 5.82 Å². The molecule has 7 heteroatoms. The lowest BCUT2D eigenvalue weighted by Gasteiger charge is -2.27. The zero-order valence-electron chi connectivity index (χ0n) is 15.3. The molecule has 0 unspecified atom stereocenters. The lowest BCUT2D eigenvalue weighted by molar-refractivity contribution is 0.378. The molecule has 27 heavy (non-hydrogen) atoms. The highest BCUT2D eigenvalue weighted by Gasteiger charge is 2.31. The molecular formula is C20H22ClN5S. The highest BCUT2D eigenvalue weighted by atomic mass is 35.5. The molecule has 1 aromatic carbocycles. The van der Waals surface area contributed by atoms with E-state index in [1.165, 1.54) is 29.8 Å². The van der Waals surface area contributed by atoms with Gasteiger partial charge in [-0.3, -0.25) is 4.57 Å². The van der Waals surface area contributed by atoms with Crippen LogP contribution >= 0.6 is 23.1 Å². The first-order valence-electron chi connectivity index (χ1n) is 9.54. The molecule has 2 aliphatic rings. The van der Waals surface area contributed by atoms with Crippen LogP contribution in [-0.4, -0.2) is 24.2 Å². The predicted molar refractivity (Wildman–Crippen MR) is 107 cm³/mol. The van der Waals surface area contributed by atoms with Crippen molar-refractivity contribution >= 4 is 23.1 Å². The van der Waals surface area contributed by atoms with Crippen molar-refractivity contribution in [1.29, 1.82) is 0 Å². The van der Waals surface area contributed by atoms with E-state index >= 15 is 0 Å². The van der Waals surface area contributed by atoms with E-state index in [1.807, 2.05) is 0 Å². The standard InChI is InChI=1S/C20H22ClN5S/c1-13-22-17(12-27-13)14-6-8-15(9-7-14)20-24-23-19-11-25(21)10-16-4-2-3-5-18(16)26(19)20/h2-5,12,14-15H,6-11H2,1H3. The maximum atomic E-state index is 6.41. The first-order chi connectivity index (χ1) is 13.2. The molecule has 3 aromatic rings. The summed E-state index contributed by atoms with van der Waals surface area (Å²) in [6.45, 7) is 3.41. The summed E-state index contributed by atoms with van der Waals surface area (Å²) in [7, 11) is 0. The van der Waals surface area contributed by atoms with E-state index in [0.29, 0.717) is 18.4 Å². The van der Waals surface area contributed by atoms with Gasteiger partial charge in [-0.25, -0.2) is 9.40 Å². The zero-order chi connectivity index (χ0) is 18.4. The maximum Gasteiger partial charge on any atom is 0.153 e. The van der Waals surface area contributed by atoms with Crippen LogP contribution in [0.25, 0.3) is 5.69 Å². The maximum absolute atomic E-state index is 6.41. The van der Waals surface area contributed by atoms with Crippen molar-refractivity contribution in [1.82, 2.24) is 24.2 Å². The molecule has 0 amide bonds. The number of hydrogen-bond donors (Lipinski definition) is 0. The van der Waals surface area contributed by atoms with E-state index in [-0.39, 0.29) is 0 Å². The van der Waals surface area contributed by atoms with Gasteiger partial charge in [-0.2, -0.15) is 0 Å². The number of hydrogen-bond acceptors (Lipinski definition) is 5. The topological polar surface area (TPSA) is 46.8 Å². The Hall–Kier alpha value is -1.76. The number of aryl methyl sites for hydroxylation is 1. The van der Waals surface area contributed by atoms with Crippen molar-refractivity contribution in [2.45, 2.75) is 57.5 Å². The second-order valence-corrected chi connectivity index (χ2v) is 9.10. The molecule has 3 heterocycles. The van der Waals surface area contributed by atoms with E-state index in [0.717, 1.165) is 36.0 Å². The number of halogens is 1. The smallest absolute Gasteiger partial charge is 0.153 e. The average Bonchev–Trinajstić information content (AvgIpc) is 3.25. The van der Waals surface area contributed by atoms with Gasteiger partial charge in [-0.15, -0.1) is 21.5 Å². The Morgan fingerprint density at radius 3 is 2.59 bits per heavy atom. The Kier molecular flexibility index (Phi) is 4.50. The zero-order valence-corrected chi connectivity index (χ0v) is 16.9. The molecular weight excluding hydrogens is 378 g/mol. The van der Waals surface area contributed by atoms with Crippen molar-refractivity contribution in [3.8, 4) is 5.69 Å². The fraction of sp³-hybridized carbons (Fsp3) is 0.450. The number of aromatic nitrogens is 4. The van der Waals surface area contributed by atoms with E-state index in [9.17, 15) is 0 Å². The van der Waals surface area contributed by atoms with Gasteiger partial charge in [0, 0.05) is 23.8 Å². The third-order valence-corrected chi connectivity index (χ3v) is 6.82. The van der Waals surface area contributed by atoms with Crippen LogP contribution in [0.5, 0.6) is 0 Å². The number of para-hydroxylation sites is 1. The molecule has 140 valence electrons. The summed E-state index contributed by atoms with van der Waals surface area (Å²) in [6.07, 6.45) is 4.59. The second kappa shape index (κ2) is 7.00. The van der Waals surface area contributed by atoms with Crippen molar-refractivity contribution in [3.05, 3.63) is 57.6 Å². The molecule has 0 N–H and O–H groups in total. The summed E-state index contributed by atoms with van der Waals surface area (Å²) in [4.78, 5) is 4.71. The minimum atomic E-state index is 0.442. The Morgan fingerprint density at radius 1 is 1.04 bits per heavy atom. The van der Waals surface area contributed by atoms with Crippen LogP contribution in [0.2, 0.25) is 0 Å². The van der Waals surface area contributed by atoms with Gasteiger partial charge < -0.3 is 0 Å². The largest absolute Gasteiger partial charge is 0.281 e. The Balaban J connectivity index is 1.44. The Labute approximate surface area is 168 Å². The summed E-state index contributed by atoms with van der Waals surface area (Å²) in [5.41, 5.74) is 3.67. The van der Waals surface area contributed by atoms with E-state index in [4.69, 9.17) is 16.8 Å². The second-order valence-electron chi connectivity index (χ2n) is 7.56. The number of benzene rings is 1. The minimum absolute atomic E-state index is 0.442. The summed E-state index contributed by atoms with van der Waals surface area (Å²) in [5, 5.41) is 12.5. The minimum Gasteiger partial charge on any atom is -0.281 e. The van der Waals surface area contributed by atoms with Crippen LogP contribution < -0.4 is 0 Å². The molecule has 1 aliphatic carbocycles. The molecule has 0 radical (unpaired) electrons. The summed E-state index contributed by atoms with van der Waals surface area (Å²) >= 11 is 8.16. The van der Waals surface area contributed by atoms with Crippen LogP contribution in [0.4, 0.5) is 0 Å². The van der Waals surface area contributed by atoms with Gasteiger partial charge in [-0.1, -0.05) is 18.2 Å². The van der Waals surface area contributed by atoms with Crippen LogP contribution in [0.1, 0.15) is 65.4 Å². The van der Waals surface area contributed by atoms with Crippen LogP contribution in [0.3, 0.4) is 0 Å². The first kappa shape index (κ1) is 17.3. The van der Waals surface area contributed by atoms with Gasteiger partial charge in [-0.05, 0) is 56.0 Å². The van der Waals surface area contributed by atoms with Crippen LogP contribution in [0.15, 0.2) is 29.6 Å². The monoisotopic (exact) mass is 399 g/mol. The summed E-state index contributed by atoms with van der Waals surface area (Å²) in [6, 6.07) is 8.45. The SMILES string of the molecule is Cc1nc(C2CCC(c3nnc4n3-c3ccccc3CN(Cl)C4)CC2)cs1. The summed E-state index contributed by atoms with van der Waals surface area (Å²) < 4.78 is 4.05. The fourth-order valence-electron chi connectivity index (χ4n) is 4.43. The fourth-order valence-corrected chi connectivity index (χ4v) is 5.36. The van der Waals surface area contributed by atoms with Gasteiger partial charge in [0.05, 0.1) is 22.9 Å². The third kappa shape index (κ3) is 3.20. The third-order valence-electron chi connectivity index (χ3n) is 5.79. The molecule has 1 fully saturated rings. The molecule has 0 atom stereocenters. The molecule has 5 nitrogen and oxygen atoms in total. The Bertz CT molecular complexity index is 957. The van der Waals surface area contributed by atoms with Crippen molar-refractivity contribution in [2.24, 2.45) is 0 Å². The van der Waals surface area contributed by atoms with E-state index in [2.05, 4.69) is 51.3 Å². The summed E-state index contributed by atoms with van der Waals surface area (Å²) in [5.74, 6) is 3.06. The number of rotatable bonds is 2. The molecule has 5 rings (SSSR count). The van der Waals surface area contributed by atoms with Gasteiger partial charge in [0.25, 0.3) is 0 Å². The molecule has 0 spiro atoms. The lowest BCUT2D eigenvalue weighted by atomic mass is 9.80. The van der Waals surface area contributed by atoms with Crippen molar-refractivity contribution in [2.75, 3.05) is 0 Å². The molecule has 0 saturated heterocycles. The highest BCUT2D eigenvalue weighted by molar-refractivity contribution is 7.09. The predicted octanol–water partition coefficient (Wildman–Crippen LogP) is 4.94. The number of fused-ring (bicyclic) bond motifs is 3. The first-order valence-corrected chi connectivity index (χ1v) is 10.8. The normalized spacial score (nSPS) is 22.9. The quantitative estimate of drug-likeness (QED) is 0.572. The average molecular weight is 400 g/mol. The molecule has 1 aliphatic heterocycles. The van der Waals surface area contributed by atoms with Gasteiger partial charge >= 0.3 is 0 Å². The lowest BCUT2D eigenvalue weighted by Crippen LogP contribution is -2.17. The van der Waals surface area contributed by atoms with E-state index < -0.39 is 0 Å². The van der Waals surface area contributed by atoms with Crippen LogP contribution in [0, 0.1) is 6.92 Å². The number of thiazole rings is 1. The van der Waals surface area contributed by atoms with Crippen LogP contribution in [-0.2, 0) is 13.1 Å². The number of nitrogens with zero attached hydrogens (tertiary/aromatic N) is 5. The van der Waals surface area contributed by atoms with Crippen molar-refractivity contribution < 1.29 is 0 Å².